The Morgan fingerprint density at radius 3 is 1.77 bits per heavy atom. The fourth-order valence-corrected chi connectivity index (χ4v) is 10.7. The molecule has 82 heavy (non-hydrogen) atoms. The molecule has 2 saturated carbocycles. The number of carbonyl (C=O) groups is 5. The molecule has 1 N–H and O–H groups in total. The Bertz CT molecular complexity index is 2910. The minimum Gasteiger partial charge on any atom is -0.494 e. The van der Waals surface area contributed by atoms with Crippen molar-refractivity contribution in [2.45, 2.75) is 135 Å². The number of unbranched alkanes of at least 4 members (excludes halogenated alkanes) is 6. The number of fused-ring (bicyclic) bond motifs is 1. The molecule has 2 aliphatic carbocycles. The highest BCUT2D eigenvalue weighted by atomic mass is 32.1. The Morgan fingerprint density at radius 1 is 0.683 bits per heavy atom. The van der Waals surface area contributed by atoms with Gasteiger partial charge in [0, 0.05) is 24.5 Å². The highest BCUT2D eigenvalue weighted by Crippen LogP contribution is 2.37. The summed E-state index contributed by atoms with van der Waals surface area (Å²) in [6.07, 6.45) is 12.5. The Morgan fingerprint density at radius 2 is 1.20 bits per heavy atom. The summed E-state index contributed by atoms with van der Waals surface area (Å²) in [7, 11) is 0. The first kappa shape index (κ1) is 61.8. The van der Waals surface area contributed by atoms with Crippen molar-refractivity contribution in [3.63, 3.8) is 0 Å². The zero-order chi connectivity index (χ0) is 58.1. The van der Waals surface area contributed by atoms with E-state index in [2.05, 4.69) is 12.6 Å². The Hall–Kier alpha value is -7.82. The molecule has 5 aromatic rings. The first-order valence-electron chi connectivity index (χ1n) is 28.4. The van der Waals surface area contributed by atoms with Crippen LogP contribution in [-0.2, 0) is 33.4 Å². The summed E-state index contributed by atoms with van der Waals surface area (Å²) in [6, 6.07) is 28.2. The third-order valence-electron chi connectivity index (χ3n) is 14.4. The molecule has 0 aliphatic heterocycles. The van der Waals surface area contributed by atoms with E-state index in [-0.39, 0.29) is 41.8 Å². The van der Waals surface area contributed by atoms with E-state index in [1.54, 1.807) is 71.7 Å². The third-order valence-corrected chi connectivity index (χ3v) is 15.4. The average Bonchev–Trinajstić information content (AvgIpc) is 4.14. The van der Waals surface area contributed by atoms with E-state index in [0.717, 1.165) is 67.7 Å². The quantitative estimate of drug-likeness (QED) is 0.00826. The number of aliphatic hydroxyl groups excluding tert-OH is 1. The molecule has 0 radical (unpaired) electrons. The summed E-state index contributed by atoms with van der Waals surface area (Å²) < 4.78 is 46.3. The summed E-state index contributed by atoms with van der Waals surface area (Å²) in [4.78, 5) is 67.7. The second-order valence-corrected chi connectivity index (χ2v) is 21.6. The van der Waals surface area contributed by atoms with Gasteiger partial charge >= 0.3 is 29.8 Å². The Labute approximate surface area is 483 Å². The van der Waals surface area contributed by atoms with Crippen molar-refractivity contribution in [2.75, 3.05) is 31.4 Å². The van der Waals surface area contributed by atoms with Crippen LogP contribution in [0.5, 0.6) is 34.5 Å². The summed E-state index contributed by atoms with van der Waals surface area (Å²) in [5.41, 5.74) is 1.13. The first-order chi connectivity index (χ1) is 39.8. The second-order valence-electron chi connectivity index (χ2n) is 20.6. The molecule has 2 fully saturated rings. The van der Waals surface area contributed by atoms with Crippen molar-refractivity contribution < 1.29 is 67.0 Å². The largest absolute Gasteiger partial charge is 0.494 e. The van der Waals surface area contributed by atoms with Crippen LogP contribution < -0.4 is 33.4 Å². The Kier molecular flexibility index (Phi) is 24.6. The second kappa shape index (κ2) is 32.6. The van der Waals surface area contributed by atoms with E-state index in [1.165, 1.54) is 24.5 Å². The fourth-order valence-electron chi connectivity index (χ4n) is 9.63. The number of nitriles is 1. The minimum absolute atomic E-state index is 0.145. The maximum Gasteiger partial charge on any atom is 0.330 e. The number of carbonyl (C=O) groups excluding carboxylic acids is 5. The lowest BCUT2D eigenvalue weighted by atomic mass is 9.81. The van der Waals surface area contributed by atoms with E-state index >= 15 is 0 Å². The maximum absolute atomic E-state index is 13.9. The van der Waals surface area contributed by atoms with Gasteiger partial charge in [-0.1, -0.05) is 30.0 Å². The molecule has 1 heterocycles. The molecule has 1 aromatic heterocycles. The maximum atomic E-state index is 13.9. The van der Waals surface area contributed by atoms with Crippen LogP contribution in [0.4, 0.5) is 5.13 Å². The highest BCUT2D eigenvalue weighted by molar-refractivity contribution is 7.22. The lowest BCUT2D eigenvalue weighted by molar-refractivity contribution is -0.145. The molecule has 0 bridgehead atoms. The number of para-hydroxylation sites is 1. The number of anilines is 1. The standard InChI is InChI=1S/C63H74N4O14S/c1-4-58(69)77-40-14-8-7-13-39-76-51-27-29-52(30-28-51)78-59(70)45-17-19-47(20-18-45)61(72)80-54-33-34-56(49(41-54)42-65-67(43(2)35-36-64)63-66-55-15-9-10-16-57(55)82-63)81-62(73)48-23-21-46(22-24-48)60(71)79-53-31-25-50(26-32-53)75-38-12-6-5-11-37-74-44(3)68/h4,9-10,15-16,25-34,41-43,45-48,60,71H,1,5-8,11-14,17-24,35,37-40H2,2-3H3/b65-42-. The monoisotopic (exact) mass is 1140 g/mol. The molecule has 2 aliphatic rings. The highest BCUT2D eigenvalue weighted by Gasteiger charge is 2.34. The predicted molar refractivity (Wildman–Crippen MR) is 309 cm³/mol. The number of aromatic nitrogens is 1. The van der Waals surface area contributed by atoms with E-state index in [0.29, 0.717) is 111 Å². The molecule has 0 saturated heterocycles. The smallest absolute Gasteiger partial charge is 0.330 e. The van der Waals surface area contributed by atoms with Gasteiger partial charge < -0.3 is 43.0 Å². The van der Waals surface area contributed by atoms with Gasteiger partial charge in [0.2, 0.25) is 5.13 Å². The number of nitrogens with zero attached hydrogens (tertiary/aromatic N) is 4. The number of hydrogen-bond donors (Lipinski definition) is 1. The van der Waals surface area contributed by atoms with Crippen molar-refractivity contribution in [3.8, 4) is 40.6 Å². The molecule has 0 amide bonds. The van der Waals surface area contributed by atoms with Crippen LogP contribution in [0.25, 0.3) is 10.2 Å². The van der Waals surface area contributed by atoms with Gasteiger partial charge in [0.25, 0.3) is 0 Å². The van der Waals surface area contributed by atoms with E-state index in [9.17, 15) is 34.3 Å². The van der Waals surface area contributed by atoms with E-state index < -0.39 is 42.0 Å². The zero-order valence-electron chi connectivity index (χ0n) is 46.8. The van der Waals surface area contributed by atoms with Crippen molar-refractivity contribution in [1.82, 2.24) is 4.98 Å². The van der Waals surface area contributed by atoms with Gasteiger partial charge in [0.15, 0.2) is 6.29 Å². The van der Waals surface area contributed by atoms with Gasteiger partial charge in [-0.15, -0.1) is 0 Å². The van der Waals surface area contributed by atoms with Crippen LogP contribution in [0.15, 0.2) is 109 Å². The molecule has 19 heteroatoms. The van der Waals surface area contributed by atoms with E-state index in [4.69, 9.17) is 48.0 Å². The van der Waals surface area contributed by atoms with Crippen LogP contribution in [0, 0.1) is 35.0 Å². The molecule has 0 spiro atoms. The number of hydrogen-bond acceptors (Lipinski definition) is 19. The number of thiazole rings is 1. The normalized spacial score (nSPS) is 17.6. The molecule has 18 nitrogen and oxygen atoms in total. The van der Waals surface area contributed by atoms with Crippen molar-refractivity contribution >= 4 is 62.7 Å². The van der Waals surface area contributed by atoms with Gasteiger partial charge in [-0.25, -0.2) is 14.8 Å². The van der Waals surface area contributed by atoms with Crippen LogP contribution in [0.2, 0.25) is 0 Å². The zero-order valence-corrected chi connectivity index (χ0v) is 47.6. The third kappa shape index (κ3) is 19.7. The summed E-state index contributed by atoms with van der Waals surface area (Å²) >= 11 is 1.42. The number of aliphatic hydroxyl groups is 1. The number of rotatable bonds is 31. The van der Waals surface area contributed by atoms with Crippen molar-refractivity contribution in [2.24, 2.45) is 28.8 Å². The minimum atomic E-state index is -1.08. The van der Waals surface area contributed by atoms with Gasteiger partial charge in [0.05, 0.1) is 79.1 Å². The topological polar surface area (TPSA) is 232 Å². The molecule has 4 aromatic carbocycles. The van der Waals surface area contributed by atoms with Gasteiger partial charge in [-0.2, -0.15) is 10.4 Å². The van der Waals surface area contributed by atoms with Crippen LogP contribution in [0.3, 0.4) is 0 Å². The van der Waals surface area contributed by atoms with Crippen LogP contribution in [-0.4, -0.2) is 84.9 Å². The number of benzene rings is 4. The number of ether oxygens (including phenoxy) is 8. The van der Waals surface area contributed by atoms with Crippen LogP contribution in [0.1, 0.15) is 129 Å². The van der Waals surface area contributed by atoms with Crippen LogP contribution >= 0.6 is 11.3 Å². The predicted octanol–water partition coefficient (Wildman–Crippen LogP) is 12.0. The molecule has 7 rings (SSSR count). The van der Waals surface area contributed by atoms with Crippen molar-refractivity contribution in [3.05, 3.63) is 109 Å². The fraction of sp³-hybridized carbons (Fsp3) is 0.460. The summed E-state index contributed by atoms with van der Waals surface area (Å²) in [6.45, 7) is 8.53. The van der Waals surface area contributed by atoms with Gasteiger partial charge in [0.1, 0.15) is 34.5 Å². The number of esters is 5. The van der Waals surface area contributed by atoms with Gasteiger partial charge in [-0.3, -0.25) is 19.2 Å². The lowest BCUT2D eigenvalue weighted by Gasteiger charge is -2.30. The lowest BCUT2D eigenvalue weighted by Crippen LogP contribution is -2.33. The SMILES string of the molecule is C=CC(=O)OCCCCCCOc1ccc(OC(=O)C2CCC(C(=O)Oc3ccc(OC(=O)C4CCC(C(O)Oc5ccc(OCCCCCCOC(C)=O)cc5)CC4)c(/C=N\N(c4nc5ccccc5s4)C(C)CC#N)c3)CC2)cc1. The van der Waals surface area contributed by atoms with Gasteiger partial charge in [-0.05, 0) is 189 Å². The Balaban J connectivity index is 0.914. The average molecular weight is 1140 g/mol. The van der Waals surface area contributed by atoms with E-state index in [1.807, 2.05) is 31.2 Å². The molecular formula is C63H74N4O14S. The summed E-state index contributed by atoms with van der Waals surface area (Å²) in [5, 5.41) is 27.8. The molecule has 2 atom stereocenters. The molecular weight excluding hydrogens is 1070 g/mol. The number of hydrazone groups is 1. The molecule has 2 unspecified atom stereocenters. The first-order valence-corrected chi connectivity index (χ1v) is 29.2. The van der Waals surface area contributed by atoms with Crippen molar-refractivity contribution in [1.29, 1.82) is 5.26 Å². The summed E-state index contributed by atoms with van der Waals surface area (Å²) in [5.74, 6) is -0.834. The molecule has 436 valence electrons.